The van der Waals surface area contributed by atoms with Crippen LogP contribution >= 0.6 is 35.1 Å². The van der Waals surface area contributed by atoms with Crippen molar-refractivity contribution in [1.29, 1.82) is 0 Å². The highest BCUT2D eigenvalue weighted by Gasteiger charge is 2.63. The summed E-state index contributed by atoms with van der Waals surface area (Å²) in [5.41, 5.74) is 3.98. The molecule has 19 heteroatoms. The van der Waals surface area contributed by atoms with E-state index in [1.54, 1.807) is 0 Å². The van der Waals surface area contributed by atoms with Gasteiger partial charge in [-0.05, 0) is 24.8 Å². The lowest BCUT2D eigenvalue weighted by atomic mass is 9.92. The first kappa shape index (κ1) is 26.0. The molecular weight excluding hydrogens is 519 g/mol. The second-order valence-electron chi connectivity index (χ2n) is 7.17. The maximum Gasteiger partial charge on any atom is 0.490 e. The molecule has 7 N–H and O–H groups in total. The van der Waals surface area contributed by atoms with Crippen molar-refractivity contribution in [3.8, 4) is 0 Å². The van der Waals surface area contributed by atoms with Crippen LogP contribution in [0.5, 0.6) is 0 Å². The average Bonchev–Trinajstić information content (AvgIpc) is 3.41. The van der Waals surface area contributed by atoms with E-state index in [0.29, 0.717) is 12.8 Å². The summed E-state index contributed by atoms with van der Waals surface area (Å²) in [6, 6.07) is 0. The van der Waals surface area contributed by atoms with E-state index in [-0.39, 0.29) is 17.6 Å². The number of nitrogens with two attached hydrogens (primary N) is 1. The lowest BCUT2D eigenvalue weighted by Crippen LogP contribution is -2.48. The molecule has 3 rings (SSSR count). The lowest BCUT2D eigenvalue weighted by molar-refractivity contribution is -0.143. The van der Waals surface area contributed by atoms with Gasteiger partial charge in [-0.2, -0.15) is 8.62 Å². The predicted octanol–water partition coefficient (Wildman–Crippen LogP) is 0.461. The molecule has 2 heterocycles. The van der Waals surface area contributed by atoms with Crippen LogP contribution in [-0.4, -0.2) is 65.3 Å². The van der Waals surface area contributed by atoms with Crippen molar-refractivity contribution in [2.45, 2.75) is 36.2 Å². The Morgan fingerprint density at radius 2 is 1.88 bits per heavy atom. The van der Waals surface area contributed by atoms with Crippen molar-refractivity contribution in [2.75, 3.05) is 6.61 Å². The van der Waals surface area contributed by atoms with Crippen LogP contribution < -0.4 is 5.73 Å². The number of amidine groups is 1. The summed E-state index contributed by atoms with van der Waals surface area (Å²) in [6.07, 6.45) is 1.56. The van der Waals surface area contributed by atoms with E-state index in [9.17, 15) is 28.6 Å². The highest BCUT2D eigenvalue weighted by Crippen LogP contribution is 2.67. The van der Waals surface area contributed by atoms with Gasteiger partial charge in [0.2, 0.25) is 0 Å². The zero-order valence-corrected chi connectivity index (χ0v) is 19.5. The van der Waals surface area contributed by atoms with Gasteiger partial charge in [0.25, 0.3) is 0 Å². The van der Waals surface area contributed by atoms with Crippen molar-refractivity contribution in [3.63, 3.8) is 0 Å². The quantitative estimate of drug-likeness (QED) is 0.173. The van der Waals surface area contributed by atoms with Crippen LogP contribution in [0.25, 0.3) is 0 Å². The average molecular weight is 540 g/mol. The normalized spacial score (nSPS) is 34.8. The van der Waals surface area contributed by atoms with Crippen LogP contribution in [-0.2, 0) is 31.6 Å². The number of aliphatic hydroxyl groups is 1. The second-order valence-corrected chi connectivity index (χ2v) is 12.1. The molecular formula is C13H21ClN3O12P3. The highest BCUT2D eigenvalue weighted by atomic mass is 35.5. The van der Waals surface area contributed by atoms with E-state index >= 15 is 0 Å². The maximum absolute atomic E-state index is 12.1. The SMILES string of the molecule is C=C1N=C(N)C=CN1[C@@H]1O[C@@](COP(=O)(O)OP(=O)(O)OP(=O)(O)O)(C2CC2)[C@@H](O)[C@H]1Cl. The van der Waals surface area contributed by atoms with Crippen molar-refractivity contribution in [1.82, 2.24) is 4.90 Å². The Hall–Kier alpha value is -0.630. The molecule has 0 bridgehead atoms. The maximum atomic E-state index is 12.1. The van der Waals surface area contributed by atoms with E-state index in [1.807, 2.05) is 0 Å². The number of halogens is 1. The lowest BCUT2D eigenvalue weighted by Gasteiger charge is -2.34. The minimum absolute atomic E-state index is 0.160. The smallest absolute Gasteiger partial charge is 0.388 e. The van der Waals surface area contributed by atoms with Gasteiger partial charge in [0.15, 0.2) is 6.23 Å². The van der Waals surface area contributed by atoms with Crippen molar-refractivity contribution < 1.29 is 56.3 Å². The van der Waals surface area contributed by atoms with Gasteiger partial charge < -0.3 is 40.1 Å². The van der Waals surface area contributed by atoms with Crippen LogP contribution in [0.15, 0.2) is 29.7 Å². The Bertz CT molecular complexity index is 982. The Balaban J connectivity index is 1.76. The molecule has 1 aliphatic carbocycles. The topological polar surface area (TPSA) is 231 Å². The van der Waals surface area contributed by atoms with E-state index in [2.05, 4.69) is 20.2 Å². The number of hydrogen-bond acceptors (Lipinski definition) is 11. The van der Waals surface area contributed by atoms with Gasteiger partial charge in [-0.1, -0.05) is 6.58 Å². The van der Waals surface area contributed by atoms with Crippen LogP contribution in [0.3, 0.4) is 0 Å². The number of aliphatic imine (C=N–C) groups is 1. The van der Waals surface area contributed by atoms with E-state index in [1.165, 1.54) is 17.2 Å². The summed E-state index contributed by atoms with van der Waals surface area (Å²) < 4.78 is 52.5. The molecule has 0 spiro atoms. The number of alkyl halides is 1. The standard InChI is InChI=1S/C13H21ClN3O12P3/c1-7-16-9(15)4-5-17(7)12-10(14)11(18)13(27-12,8-2-3-8)6-26-31(22,23)29-32(24,25)28-30(19,20)21/h4-5,8,10-12,18H,1-3,6H2,(H2,15,16)(H,22,23)(H,24,25)(H2,19,20,21)/t10-,11+,12-,13+/m1/s1. The zero-order valence-electron chi connectivity index (χ0n) is 16.1. The summed E-state index contributed by atoms with van der Waals surface area (Å²) in [4.78, 5) is 41.6. The minimum Gasteiger partial charge on any atom is -0.388 e. The molecule has 2 fully saturated rings. The van der Waals surface area contributed by atoms with Gasteiger partial charge in [-0.15, -0.1) is 11.6 Å². The molecule has 2 aliphatic heterocycles. The molecule has 182 valence electrons. The Kier molecular flexibility index (Phi) is 7.20. The number of ether oxygens (including phenoxy) is 1. The number of rotatable bonds is 9. The molecule has 0 aromatic rings. The number of phosphoric acid groups is 3. The molecule has 1 saturated heterocycles. The Labute approximate surface area is 186 Å². The second kappa shape index (κ2) is 8.86. The summed E-state index contributed by atoms with van der Waals surface area (Å²) in [5.74, 6) is -0.0176. The summed E-state index contributed by atoms with van der Waals surface area (Å²) >= 11 is 6.37. The molecule has 2 unspecified atom stereocenters. The number of phosphoric ester groups is 1. The molecule has 3 aliphatic rings. The third-order valence-electron chi connectivity index (χ3n) is 4.79. The van der Waals surface area contributed by atoms with Gasteiger partial charge in [0, 0.05) is 6.20 Å². The first-order chi connectivity index (χ1) is 14.6. The molecule has 0 amide bonds. The van der Waals surface area contributed by atoms with Gasteiger partial charge in [-0.3, -0.25) is 4.52 Å². The van der Waals surface area contributed by atoms with Gasteiger partial charge >= 0.3 is 23.5 Å². The van der Waals surface area contributed by atoms with Gasteiger partial charge in [0.1, 0.15) is 28.7 Å². The number of aliphatic hydroxyl groups excluding tert-OH is 1. The zero-order chi connectivity index (χ0) is 24.1. The van der Waals surface area contributed by atoms with Crippen LogP contribution in [0.1, 0.15) is 12.8 Å². The summed E-state index contributed by atoms with van der Waals surface area (Å²) in [5, 5.41) is 9.73. The van der Waals surface area contributed by atoms with Crippen LogP contribution in [0.2, 0.25) is 0 Å². The highest BCUT2D eigenvalue weighted by molar-refractivity contribution is 7.66. The van der Waals surface area contributed by atoms with Crippen molar-refractivity contribution in [2.24, 2.45) is 16.6 Å². The fourth-order valence-electron chi connectivity index (χ4n) is 3.35. The monoisotopic (exact) mass is 539 g/mol. The first-order valence-electron chi connectivity index (χ1n) is 8.83. The molecule has 6 atom stereocenters. The van der Waals surface area contributed by atoms with E-state index in [4.69, 9.17) is 36.4 Å². The molecule has 0 aromatic heterocycles. The summed E-state index contributed by atoms with van der Waals surface area (Å²) in [7, 11) is -16.6. The third-order valence-corrected chi connectivity index (χ3v) is 9.03. The first-order valence-corrected chi connectivity index (χ1v) is 13.8. The molecule has 0 aromatic carbocycles. The molecule has 32 heavy (non-hydrogen) atoms. The van der Waals surface area contributed by atoms with Crippen LogP contribution in [0, 0.1) is 5.92 Å². The van der Waals surface area contributed by atoms with Crippen molar-refractivity contribution >= 4 is 40.9 Å². The summed E-state index contributed by atoms with van der Waals surface area (Å²) in [6.45, 7) is 2.91. The molecule has 0 radical (unpaired) electrons. The minimum atomic E-state index is -5.69. The van der Waals surface area contributed by atoms with Gasteiger partial charge in [0.05, 0.1) is 6.61 Å². The van der Waals surface area contributed by atoms with Gasteiger partial charge in [-0.25, -0.2) is 18.7 Å². The number of nitrogens with zero attached hydrogens (tertiary/aromatic N) is 2. The van der Waals surface area contributed by atoms with Crippen LogP contribution in [0.4, 0.5) is 0 Å². The molecule has 15 nitrogen and oxygen atoms in total. The number of hydrogen-bond donors (Lipinski definition) is 6. The third kappa shape index (κ3) is 5.89. The fraction of sp³-hybridized carbons (Fsp3) is 0.615. The Morgan fingerprint density at radius 1 is 1.25 bits per heavy atom. The Morgan fingerprint density at radius 3 is 2.41 bits per heavy atom. The molecule has 1 saturated carbocycles. The fourth-order valence-corrected chi connectivity index (χ4v) is 6.79. The largest absolute Gasteiger partial charge is 0.490 e. The van der Waals surface area contributed by atoms with Crippen molar-refractivity contribution in [3.05, 3.63) is 24.7 Å². The van der Waals surface area contributed by atoms with E-state index in [0.717, 1.165) is 0 Å². The predicted molar refractivity (Wildman–Crippen MR) is 108 cm³/mol. The van der Waals surface area contributed by atoms with E-state index < -0.39 is 53.4 Å².